The first kappa shape index (κ1) is 41.1. The summed E-state index contributed by atoms with van der Waals surface area (Å²) in [6, 6.07) is 2.92. The molecular formula is C43H66O5. The van der Waals surface area contributed by atoms with Crippen LogP contribution in [0.4, 0.5) is 0 Å². The van der Waals surface area contributed by atoms with E-state index in [1.54, 1.807) is 6.07 Å². The molecule has 268 valence electrons. The van der Waals surface area contributed by atoms with E-state index < -0.39 is 0 Å². The molecule has 5 nitrogen and oxygen atoms in total. The van der Waals surface area contributed by atoms with E-state index in [0.29, 0.717) is 29.5 Å². The molecule has 2 N–H and O–H groups in total. The summed E-state index contributed by atoms with van der Waals surface area (Å²) in [5.74, 6) is -0.749. The van der Waals surface area contributed by atoms with Gasteiger partial charge in [0, 0.05) is 28.9 Å². The fourth-order valence-corrected chi connectivity index (χ4v) is 6.51. The lowest BCUT2D eigenvalue weighted by molar-refractivity contribution is -0.117. The normalized spacial score (nSPS) is 13.8. The second kappa shape index (κ2) is 25.9. The molecule has 0 aromatic heterocycles. The highest BCUT2D eigenvalue weighted by Gasteiger charge is 2.32. The fraction of sp³-hybridized carbons (Fsp3) is 0.628. The number of rotatable bonds is 28. The number of aryl methyl sites for hydroxylation is 1. The van der Waals surface area contributed by atoms with E-state index >= 15 is 0 Å². The average Bonchev–Trinajstić information content (AvgIpc) is 3.07. The standard InChI is InChI=1S/C43H66O5/c1-4-6-8-10-12-14-16-18-20-22-24-26-28-30-35-32-36(44)33-38(45)41(35)42-37(43(47)40(48-3)34-39(42)46)31-29-27-25-23-21-19-17-15-13-11-9-7-5-2/h10-13,32-34,44-45H,4-9,14-31H2,1-3H3/b12-10-,13-11-. The van der Waals surface area contributed by atoms with Gasteiger partial charge in [-0.3, -0.25) is 9.59 Å². The summed E-state index contributed by atoms with van der Waals surface area (Å²) in [5.41, 5.74) is 1.79. The molecule has 0 atom stereocenters. The van der Waals surface area contributed by atoms with Gasteiger partial charge in [0.15, 0.2) is 11.5 Å². The minimum absolute atomic E-state index is 0.0348. The Morgan fingerprint density at radius 2 is 1.06 bits per heavy atom. The molecule has 0 fully saturated rings. The van der Waals surface area contributed by atoms with Crippen molar-refractivity contribution in [1.82, 2.24) is 0 Å². The Morgan fingerprint density at radius 3 is 1.56 bits per heavy atom. The summed E-state index contributed by atoms with van der Waals surface area (Å²) in [6.07, 6.45) is 37.1. The van der Waals surface area contributed by atoms with Crippen LogP contribution in [0.15, 0.2) is 53.8 Å². The van der Waals surface area contributed by atoms with Crippen LogP contribution in [-0.2, 0) is 20.7 Å². The molecule has 0 spiro atoms. The largest absolute Gasteiger partial charge is 0.508 e. The van der Waals surface area contributed by atoms with Crippen LogP contribution in [0.25, 0.3) is 5.57 Å². The van der Waals surface area contributed by atoms with Crippen LogP contribution >= 0.6 is 0 Å². The monoisotopic (exact) mass is 662 g/mol. The van der Waals surface area contributed by atoms with Crippen molar-refractivity contribution in [2.24, 2.45) is 0 Å². The molecule has 1 aromatic carbocycles. The Hall–Kier alpha value is -3.08. The summed E-state index contributed by atoms with van der Waals surface area (Å²) >= 11 is 0. The molecule has 0 heterocycles. The van der Waals surface area contributed by atoms with Crippen LogP contribution in [0, 0.1) is 0 Å². The lowest BCUT2D eigenvalue weighted by Gasteiger charge is -2.22. The molecule has 1 aromatic rings. The van der Waals surface area contributed by atoms with Gasteiger partial charge in [-0.25, -0.2) is 0 Å². The highest BCUT2D eigenvalue weighted by molar-refractivity contribution is 6.37. The van der Waals surface area contributed by atoms with Crippen molar-refractivity contribution in [3.8, 4) is 11.5 Å². The number of phenols is 2. The fourth-order valence-electron chi connectivity index (χ4n) is 6.51. The number of methoxy groups -OCH3 is 1. The number of benzene rings is 1. The Morgan fingerprint density at radius 1 is 0.604 bits per heavy atom. The van der Waals surface area contributed by atoms with Gasteiger partial charge in [0.1, 0.15) is 11.5 Å². The summed E-state index contributed by atoms with van der Waals surface area (Å²) in [6.45, 7) is 4.45. The molecule has 0 unspecified atom stereocenters. The van der Waals surface area contributed by atoms with E-state index in [1.165, 1.54) is 116 Å². The Kier molecular flexibility index (Phi) is 22.1. The first-order chi connectivity index (χ1) is 23.4. The number of aromatic hydroxyl groups is 2. The molecule has 1 aliphatic rings. The maximum atomic E-state index is 13.5. The maximum Gasteiger partial charge on any atom is 0.224 e. The number of allylic oxidation sites excluding steroid dienone is 7. The third kappa shape index (κ3) is 15.9. The van der Waals surface area contributed by atoms with Gasteiger partial charge in [0.25, 0.3) is 0 Å². The maximum absolute atomic E-state index is 13.5. The number of hydrogen-bond donors (Lipinski definition) is 2. The minimum atomic E-state index is -0.326. The van der Waals surface area contributed by atoms with E-state index in [0.717, 1.165) is 44.9 Å². The molecule has 0 radical (unpaired) electrons. The van der Waals surface area contributed by atoms with Gasteiger partial charge in [0.2, 0.25) is 5.78 Å². The molecule has 0 saturated heterocycles. The number of ketones is 2. The predicted octanol–water partition coefficient (Wildman–Crippen LogP) is 12.2. The Bertz CT molecular complexity index is 1200. The van der Waals surface area contributed by atoms with Gasteiger partial charge in [-0.15, -0.1) is 0 Å². The molecule has 0 saturated carbocycles. The average molecular weight is 663 g/mol. The second-order valence-electron chi connectivity index (χ2n) is 13.5. The number of Topliss-reactive ketones (excluding diaryl/α,β-unsaturated/α-hetero) is 1. The lowest BCUT2D eigenvalue weighted by Crippen LogP contribution is -2.20. The van der Waals surface area contributed by atoms with Crippen LogP contribution in [0.2, 0.25) is 0 Å². The van der Waals surface area contributed by atoms with Gasteiger partial charge in [0.05, 0.1) is 7.11 Å². The van der Waals surface area contributed by atoms with Crippen molar-refractivity contribution < 1.29 is 24.5 Å². The van der Waals surface area contributed by atoms with Crippen molar-refractivity contribution in [3.05, 3.63) is 65.0 Å². The topological polar surface area (TPSA) is 83.8 Å². The highest BCUT2D eigenvalue weighted by atomic mass is 16.5. The number of carbonyl (C=O) groups excluding carboxylic acids is 2. The number of ether oxygens (including phenoxy) is 1. The molecule has 48 heavy (non-hydrogen) atoms. The van der Waals surface area contributed by atoms with Gasteiger partial charge >= 0.3 is 0 Å². The Labute approximate surface area is 292 Å². The zero-order valence-electron chi connectivity index (χ0n) is 30.6. The van der Waals surface area contributed by atoms with Crippen LogP contribution in [0.3, 0.4) is 0 Å². The van der Waals surface area contributed by atoms with E-state index in [-0.39, 0.29) is 34.4 Å². The number of carbonyl (C=O) groups is 2. The molecule has 2 rings (SSSR count). The lowest BCUT2D eigenvalue weighted by atomic mass is 9.82. The summed E-state index contributed by atoms with van der Waals surface area (Å²) in [5, 5.41) is 21.4. The summed E-state index contributed by atoms with van der Waals surface area (Å²) < 4.78 is 5.29. The number of hydrogen-bond acceptors (Lipinski definition) is 5. The first-order valence-corrected chi connectivity index (χ1v) is 19.4. The third-order valence-electron chi connectivity index (χ3n) is 9.36. The quantitative estimate of drug-likeness (QED) is 0.0530. The van der Waals surface area contributed by atoms with Gasteiger partial charge in [-0.2, -0.15) is 0 Å². The smallest absolute Gasteiger partial charge is 0.224 e. The highest BCUT2D eigenvalue weighted by Crippen LogP contribution is 2.40. The zero-order valence-corrected chi connectivity index (χ0v) is 30.6. The molecule has 0 aliphatic heterocycles. The number of phenolic OH excluding ortho intramolecular Hbond substituents is 2. The van der Waals surface area contributed by atoms with Crippen molar-refractivity contribution >= 4 is 17.1 Å². The van der Waals surface area contributed by atoms with Gasteiger partial charge in [-0.05, 0) is 75.8 Å². The Balaban J connectivity index is 1.93. The van der Waals surface area contributed by atoms with Crippen LogP contribution in [0.5, 0.6) is 11.5 Å². The first-order valence-electron chi connectivity index (χ1n) is 19.4. The van der Waals surface area contributed by atoms with E-state index in [9.17, 15) is 19.8 Å². The van der Waals surface area contributed by atoms with Crippen molar-refractivity contribution in [2.75, 3.05) is 7.11 Å². The van der Waals surface area contributed by atoms with Gasteiger partial charge in [-0.1, -0.05) is 128 Å². The van der Waals surface area contributed by atoms with E-state index in [4.69, 9.17) is 4.74 Å². The minimum Gasteiger partial charge on any atom is -0.508 e. The van der Waals surface area contributed by atoms with Crippen LogP contribution < -0.4 is 0 Å². The summed E-state index contributed by atoms with van der Waals surface area (Å²) in [4.78, 5) is 27.0. The van der Waals surface area contributed by atoms with Crippen molar-refractivity contribution in [3.63, 3.8) is 0 Å². The zero-order chi connectivity index (χ0) is 34.8. The molecule has 5 heteroatoms. The predicted molar refractivity (Wildman–Crippen MR) is 201 cm³/mol. The summed E-state index contributed by atoms with van der Waals surface area (Å²) in [7, 11) is 1.41. The molecular weight excluding hydrogens is 596 g/mol. The SMILES string of the molecule is CCCC/C=C\CCCCCCCCCC1=C(c2c(O)cc(O)cc2CCCCCCCCC/C=C\CCCC)C(=O)C=C(OC)C1=O. The molecule has 0 amide bonds. The van der Waals surface area contributed by atoms with Crippen LogP contribution in [-0.4, -0.2) is 28.9 Å². The van der Waals surface area contributed by atoms with Crippen molar-refractivity contribution in [1.29, 1.82) is 0 Å². The van der Waals surface area contributed by atoms with E-state index in [2.05, 4.69) is 38.2 Å². The van der Waals surface area contributed by atoms with Gasteiger partial charge < -0.3 is 14.9 Å². The van der Waals surface area contributed by atoms with Crippen molar-refractivity contribution in [2.45, 2.75) is 168 Å². The number of unbranched alkanes of at least 4 members (excludes halogenated alkanes) is 18. The molecule has 0 bridgehead atoms. The molecule has 1 aliphatic carbocycles. The van der Waals surface area contributed by atoms with E-state index in [1.807, 2.05) is 0 Å². The second-order valence-corrected chi connectivity index (χ2v) is 13.5. The third-order valence-corrected chi connectivity index (χ3v) is 9.36. The van der Waals surface area contributed by atoms with Crippen LogP contribution in [0.1, 0.15) is 173 Å².